The summed E-state index contributed by atoms with van der Waals surface area (Å²) >= 11 is 0. The van der Waals surface area contributed by atoms with E-state index in [1.807, 2.05) is 0 Å². The smallest absolute Gasteiger partial charge is 0.407 e. The van der Waals surface area contributed by atoms with Crippen molar-refractivity contribution in [3.63, 3.8) is 0 Å². The maximum absolute atomic E-state index is 10.7. The molecule has 1 saturated carbocycles. The largest absolute Gasteiger partial charge is 0.465 e. The van der Waals surface area contributed by atoms with Gasteiger partial charge < -0.3 is 15.1 Å². The molecule has 2 rings (SSSR count). The van der Waals surface area contributed by atoms with E-state index in [4.69, 9.17) is 5.11 Å². The van der Waals surface area contributed by atoms with E-state index in [0.717, 1.165) is 12.8 Å². The molecule has 0 spiro atoms. The minimum atomic E-state index is -0.829. The van der Waals surface area contributed by atoms with Crippen LogP contribution >= 0.6 is 0 Å². The molecule has 0 aromatic heterocycles. The first-order valence-corrected chi connectivity index (χ1v) is 4.67. The predicted octanol–water partition coefficient (Wildman–Crippen LogP) is 0.757. The van der Waals surface area contributed by atoms with Gasteiger partial charge in [-0.2, -0.15) is 0 Å². The van der Waals surface area contributed by atoms with Gasteiger partial charge in [0.2, 0.25) is 0 Å². The van der Waals surface area contributed by atoms with Gasteiger partial charge in [-0.1, -0.05) is 6.92 Å². The Morgan fingerprint density at radius 2 is 2.31 bits per heavy atom. The van der Waals surface area contributed by atoms with E-state index in [1.54, 1.807) is 0 Å². The van der Waals surface area contributed by atoms with Crippen LogP contribution in [0.25, 0.3) is 0 Å². The summed E-state index contributed by atoms with van der Waals surface area (Å²) in [6.45, 7) is 3.27. The van der Waals surface area contributed by atoms with Crippen molar-refractivity contribution in [3.8, 4) is 0 Å². The van der Waals surface area contributed by atoms with Crippen molar-refractivity contribution in [3.05, 3.63) is 0 Å². The summed E-state index contributed by atoms with van der Waals surface area (Å²) in [6, 6.07) is 0. The molecule has 13 heavy (non-hydrogen) atoms. The third-order valence-corrected chi connectivity index (χ3v) is 3.51. The summed E-state index contributed by atoms with van der Waals surface area (Å²) in [5.41, 5.74) is 0.0256. The Morgan fingerprint density at radius 3 is 2.85 bits per heavy atom. The van der Waals surface area contributed by atoms with E-state index in [9.17, 15) is 9.90 Å². The van der Waals surface area contributed by atoms with Crippen molar-refractivity contribution in [2.75, 3.05) is 13.1 Å². The zero-order valence-electron chi connectivity index (χ0n) is 7.73. The highest BCUT2D eigenvalue weighted by molar-refractivity contribution is 5.65. The molecule has 0 radical (unpaired) electrons. The number of fused-ring (bicyclic) bond motifs is 1. The molecule has 4 heteroatoms. The second-order valence-electron chi connectivity index (χ2n) is 4.61. The molecule has 2 N–H and O–H groups in total. The van der Waals surface area contributed by atoms with Crippen molar-refractivity contribution in [1.29, 1.82) is 0 Å². The average molecular weight is 185 g/mol. The van der Waals surface area contributed by atoms with Gasteiger partial charge in [0.25, 0.3) is 0 Å². The van der Waals surface area contributed by atoms with Crippen molar-refractivity contribution in [2.24, 2.45) is 11.3 Å². The summed E-state index contributed by atoms with van der Waals surface area (Å²) < 4.78 is 0. The lowest BCUT2D eigenvalue weighted by Crippen LogP contribution is -2.30. The summed E-state index contributed by atoms with van der Waals surface area (Å²) in [5, 5.41) is 18.3. The van der Waals surface area contributed by atoms with Gasteiger partial charge in [-0.3, -0.25) is 0 Å². The minimum absolute atomic E-state index is 0.0256. The molecule has 3 atom stereocenters. The molecule has 1 heterocycles. The first kappa shape index (κ1) is 8.81. The molecule has 0 aromatic carbocycles. The molecule has 2 fully saturated rings. The molecule has 1 saturated heterocycles. The number of hydrogen-bond acceptors (Lipinski definition) is 2. The van der Waals surface area contributed by atoms with Crippen molar-refractivity contribution >= 4 is 6.09 Å². The fraction of sp³-hybridized carbons (Fsp3) is 0.889. The maximum Gasteiger partial charge on any atom is 0.407 e. The lowest BCUT2D eigenvalue weighted by molar-refractivity contribution is 0.130. The standard InChI is InChI=1S/C9H15NO3/c1-9-3-7(11)2-6(9)4-10(5-9)8(12)13/h6-7,11H,2-5H2,1H3,(H,12,13). The van der Waals surface area contributed by atoms with Gasteiger partial charge >= 0.3 is 6.09 Å². The number of aliphatic hydroxyl groups excluding tert-OH is 1. The SMILES string of the molecule is CC12CC(O)CC1CN(C(=O)O)C2. The van der Waals surface area contributed by atoms with Gasteiger partial charge in [-0.15, -0.1) is 0 Å². The Bertz CT molecular complexity index is 243. The number of carbonyl (C=O) groups is 1. The lowest BCUT2D eigenvalue weighted by atomic mass is 9.83. The van der Waals surface area contributed by atoms with Gasteiger partial charge in [-0.05, 0) is 24.2 Å². The molecule has 1 aliphatic heterocycles. The van der Waals surface area contributed by atoms with E-state index in [2.05, 4.69) is 6.92 Å². The van der Waals surface area contributed by atoms with Crippen LogP contribution in [0.5, 0.6) is 0 Å². The van der Waals surface area contributed by atoms with E-state index in [1.165, 1.54) is 4.90 Å². The Hall–Kier alpha value is -0.770. The number of hydrogen-bond donors (Lipinski definition) is 2. The number of rotatable bonds is 0. The number of nitrogens with zero attached hydrogens (tertiary/aromatic N) is 1. The molecule has 4 nitrogen and oxygen atoms in total. The van der Waals surface area contributed by atoms with E-state index >= 15 is 0 Å². The highest BCUT2D eigenvalue weighted by atomic mass is 16.4. The zero-order valence-corrected chi connectivity index (χ0v) is 7.73. The van der Waals surface area contributed by atoms with Crippen LogP contribution < -0.4 is 0 Å². The molecule has 1 amide bonds. The Kier molecular flexibility index (Phi) is 1.77. The number of carboxylic acid groups (broad SMARTS) is 1. The van der Waals surface area contributed by atoms with Gasteiger partial charge in [0.1, 0.15) is 0 Å². The summed E-state index contributed by atoms with van der Waals surface area (Å²) in [4.78, 5) is 12.2. The number of amides is 1. The summed E-state index contributed by atoms with van der Waals surface area (Å²) in [6.07, 6.45) is 0.470. The zero-order chi connectivity index (χ0) is 9.64. The normalized spacial score (nSPS) is 43.7. The lowest BCUT2D eigenvalue weighted by Gasteiger charge is -2.22. The topological polar surface area (TPSA) is 60.8 Å². The number of aliphatic hydroxyl groups is 1. The van der Waals surface area contributed by atoms with Crippen molar-refractivity contribution in [2.45, 2.75) is 25.9 Å². The molecule has 3 unspecified atom stereocenters. The summed E-state index contributed by atoms with van der Waals surface area (Å²) in [5.74, 6) is 0.360. The third-order valence-electron chi connectivity index (χ3n) is 3.51. The van der Waals surface area contributed by atoms with Crippen LogP contribution in [-0.4, -0.2) is 40.4 Å². The fourth-order valence-electron chi connectivity index (χ4n) is 2.80. The third kappa shape index (κ3) is 1.29. The van der Waals surface area contributed by atoms with E-state index < -0.39 is 6.09 Å². The second-order valence-corrected chi connectivity index (χ2v) is 4.61. The minimum Gasteiger partial charge on any atom is -0.465 e. The molecule has 1 aliphatic carbocycles. The van der Waals surface area contributed by atoms with Gasteiger partial charge in [0.05, 0.1) is 6.10 Å². The summed E-state index contributed by atoms with van der Waals surface area (Å²) in [7, 11) is 0. The Balaban J connectivity index is 2.10. The maximum atomic E-state index is 10.7. The molecular formula is C9H15NO3. The Labute approximate surface area is 77.2 Å². The van der Waals surface area contributed by atoms with Gasteiger partial charge in [-0.25, -0.2) is 4.79 Å². The first-order chi connectivity index (χ1) is 6.01. The van der Waals surface area contributed by atoms with Crippen LogP contribution in [0.2, 0.25) is 0 Å². The molecule has 0 aromatic rings. The predicted molar refractivity (Wildman–Crippen MR) is 46.4 cm³/mol. The van der Waals surface area contributed by atoms with Crippen LogP contribution in [0.3, 0.4) is 0 Å². The molecular weight excluding hydrogens is 170 g/mol. The van der Waals surface area contributed by atoms with E-state index in [-0.39, 0.29) is 11.5 Å². The highest BCUT2D eigenvalue weighted by Gasteiger charge is 2.50. The van der Waals surface area contributed by atoms with Crippen LogP contribution in [0.1, 0.15) is 19.8 Å². The molecule has 2 aliphatic rings. The molecule has 0 bridgehead atoms. The van der Waals surface area contributed by atoms with Gasteiger partial charge in [0.15, 0.2) is 0 Å². The van der Waals surface area contributed by atoms with Crippen LogP contribution in [0, 0.1) is 11.3 Å². The first-order valence-electron chi connectivity index (χ1n) is 4.67. The Morgan fingerprint density at radius 1 is 1.62 bits per heavy atom. The average Bonchev–Trinajstić information content (AvgIpc) is 2.38. The van der Waals surface area contributed by atoms with Crippen LogP contribution in [-0.2, 0) is 0 Å². The van der Waals surface area contributed by atoms with Crippen molar-refractivity contribution < 1.29 is 15.0 Å². The van der Waals surface area contributed by atoms with Crippen LogP contribution in [0.15, 0.2) is 0 Å². The van der Waals surface area contributed by atoms with Gasteiger partial charge in [0, 0.05) is 13.1 Å². The van der Waals surface area contributed by atoms with Crippen molar-refractivity contribution in [1.82, 2.24) is 4.90 Å². The van der Waals surface area contributed by atoms with Crippen LogP contribution in [0.4, 0.5) is 4.79 Å². The molecule has 74 valence electrons. The number of likely N-dealkylation sites (tertiary alicyclic amines) is 1. The second kappa shape index (κ2) is 2.61. The monoisotopic (exact) mass is 185 g/mol. The fourth-order valence-corrected chi connectivity index (χ4v) is 2.80. The quantitative estimate of drug-likeness (QED) is 0.585. The highest BCUT2D eigenvalue weighted by Crippen LogP contribution is 2.48. The van der Waals surface area contributed by atoms with E-state index in [0.29, 0.717) is 19.0 Å².